The fourth-order valence-corrected chi connectivity index (χ4v) is 12.5. The Bertz CT molecular complexity index is 5240. The molecular formula is C98H106O25. The summed E-state index contributed by atoms with van der Waals surface area (Å²) in [5, 5.41) is 9.25. The van der Waals surface area contributed by atoms with Crippen molar-refractivity contribution in [3.63, 3.8) is 0 Å². The zero-order valence-electron chi connectivity index (χ0n) is 73.2. The van der Waals surface area contributed by atoms with Gasteiger partial charge in [-0.25, -0.2) is 0 Å². The molecule has 0 atom stereocenters. The third-order valence-electron chi connectivity index (χ3n) is 18.9. The number of hydrogen-bond donors (Lipinski definition) is 1. The molecule has 0 aromatic heterocycles. The predicted molar refractivity (Wildman–Crippen MR) is 476 cm³/mol. The second-order valence-corrected chi connectivity index (χ2v) is 26.2. The molecule has 0 saturated carbocycles. The molecule has 123 heavy (non-hydrogen) atoms. The summed E-state index contributed by atoms with van der Waals surface area (Å²) in [5.74, 6) is 10.5. The monoisotopic (exact) mass is 1680 g/mol. The van der Waals surface area contributed by atoms with Crippen LogP contribution in [0.1, 0.15) is 100 Å². The van der Waals surface area contributed by atoms with Gasteiger partial charge in [-0.2, -0.15) is 0 Å². The van der Waals surface area contributed by atoms with E-state index in [1.807, 2.05) is 103 Å². The van der Waals surface area contributed by atoms with Gasteiger partial charge >= 0.3 is 0 Å². The van der Waals surface area contributed by atoms with Crippen molar-refractivity contribution in [2.24, 2.45) is 0 Å². The van der Waals surface area contributed by atoms with Crippen molar-refractivity contribution in [1.29, 1.82) is 0 Å². The van der Waals surface area contributed by atoms with Crippen LogP contribution in [0.15, 0.2) is 194 Å². The molecule has 0 spiro atoms. The molecule has 10 aromatic rings. The molecule has 1 N–H and O–H groups in total. The van der Waals surface area contributed by atoms with Crippen molar-refractivity contribution in [2.45, 2.75) is 26.2 Å². The van der Waals surface area contributed by atoms with Crippen LogP contribution in [0, 0.1) is 0 Å². The van der Waals surface area contributed by atoms with Gasteiger partial charge in [0.25, 0.3) is 0 Å². The number of aryl methyl sites for hydroxylation is 1. The van der Waals surface area contributed by atoms with Gasteiger partial charge in [-0.15, -0.1) is 0 Å². The largest absolute Gasteiger partial charge is 0.508 e. The van der Waals surface area contributed by atoms with E-state index in [-0.39, 0.29) is 28.9 Å². The summed E-state index contributed by atoms with van der Waals surface area (Å²) in [6.07, 6.45) is 16.7. The summed E-state index contributed by atoms with van der Waals surface area (Å²) in [6, 6.07) is 50.1. The number of methoxy groups -OCH3 is 20. The number of carbonyl (C=O) groups is 4. The summed E-state index contributed by atoms with van der Waals surface area (Å²) >= 11 is 0. The summed E-state index contributed by atoms with van der Waals surface area (Å²) < 4.78 is 106. The highest BCUT2D eigenvalue weighted by molar-refractivity contribution is 6.12. The Kier molecular flexibility index (Phi) is 37.6. The Morgan fingerprint density at radius 2 is 0.610 bits per heavy atom. The van der Waals surface area contributed by atoms with Crippen molar-refractivity contribution in [2.75, 3.05) is 142 Å². The van der Waals surface area contributed by atoms with Crippen LogP contribution in [0.2, 0.25) is 0 Å². The number of fused-ring (bicyclic) bond motifs is 1. The first-order valence-electron chi connectivity index (χ1n) is 38.1. The molecule has 10 aromatic carbocycles. The fourth-order valence-electron chi connectivity index (χ4n) is 12.5. The maximum absolute atomic E-state index is 12.9. The number of carbonyl (C=O) groups excluding carboxylic acids is 4. The highest BCUT2D eigenvalue weighted by atomic mass is 16.6. The molecule has 25 nitrogen and oxygen atoms in total. The normalized spacial score (nSPS) is 11.5. The van der Waals surface area contributed by atoms with E-state index in [4.69, 9.17) is 94.7 Å². The molecule has 0 unspecified atom stereocenters. The van der Waals surface area contributed by atoms with Gasteiger partial charge in [0, 0.05) is 33.9 Å². The Hall–Kier alpha value is -14.6. The van der Waals surface area contributed by atoms with Crippen LogP contribution >= 0.6 is 0 Å². The lowest BCUT2D eigenvalue weighted by Gasteiger charge is -2.20. The number of aromatic hydroxyl groups is 1. The highest BCUT2D eigenvalue weighted by Gasteiger charge is 2.24. The van der Waals surface area contributed by atoms with E-state index in [0.717, 1.165) is 75.5 Å². The number of ether oxygens (including phenoxy) is 20. The molecule has 1 aliphatic rings. The summed E-state index contributed by atoms with van der Waals surface area (Å²) in [4.78, 5) is 50.6. The number of hydrogen-bond acceptors (Lipinski definition) is 25. The van der Waals surface area contributed by atoms with Crippen molar-refractivity contribution in [1.82, 2.24) is 0 Å². The number of phenolic OH excluding ortho intramolecular Hbond substituents is 1. The average Bonchev–Trinajstić information content (AvgIpc) is 0.806. The number of rotatable bonds is 33. The summed E-state index contributed by atoms with van der Waals surface area (Å²) in [7, 11) is 31.1. The first-order valence-corrected chi connectivity index (χ1v) is 38.1. The van der Waals surface area contributed by atoms with Gasteiger partial charge in [0.1, 0.15) is 34.5 Å². The molecule has 1 aliphatic carbocycles. The van der Waals surface area contributed by atoms with E-state index >= 15 is 0 Å². The first-order chi connectivity index (χ1) is 59.5. The minimum atomic E-state index is -0.206. The van der Waals surface area contributed by atoms with Crippen molar-refractivity contribution in [3.8, 4) is 121 Å². The predicted octanol–water partition coefficient (Wildman–Crippen LogP) is 19.2. The molecular weight excluding hydrogens is 1580 g/mol. The summed E-state index contributed by atoms with van der Waals surface area (Å²) in [5.41, 5.74) is 10.3. The van der Waals surface area contributed by atoms with Gasteiger partial charge < -0.3 is 99.8 Å². The van der Waals surface area contributed by atoms with E-state index in [1.54, 1.807) is 167 Å². The van der Waals surface area contributed by atoms with Crippen molar-refractivity contribution in [3.05, 3.63) is 255 Å². The van der Waals surface area contributed by atoms with E-state index < -0.39 is 0 Å². The molecule has 0 radical (unpaired) electrons. The van der Waals surface area contributed by atoms with Crippen LogP contribution < -0.4 is 94.7 Å². The SMILES string of the molecule is COc1cc(C(=O)/C=C/c2ccc(O)cc2)cc(OC)c1OC.COc1ccc(/C=C(\C)C(=O)c2cc(OC)c(OC)c(OC)c2)cc1.COc1ccc(/C=C/C(=O)c2cc(OC)c(OC)c(OC)c2)c(OC)c1.COc1ccc(/C=C/c2cc(OC)c(OC)c(OC)c2)cc1.COc1ccc2c(c1)CCC/C2=C\C(=O)c1cc(OC)c(OC)c(OC)c1. The molecule has 11 rings (SSSR count). The average molecular weight is 1680 g/mol. The van der Waals surface area contributed by atoms with Crippen LogP contribution in [-0.2, 0) is 6.42 Å². The molecule has 0 aliphatic heterocycles. The van der Waals surface area contributed by atoms with E-state index in [9.17, 15) is 24.3 Å². The molecule has 0 amide bonds. The third kappa shape index (κ3) is 25.9. The second-order valence-electron chi connectivity index (χ2n) is 26.2. The Morgan fingerprint density at radius 1 is 0.285 bits per heavy atom. The fraction of sp³-hybridized carbons (Fsp3) is 0.245. The third-order valence-corrected chi connectivity index (χ3v) is 18.9. The van der Waals surface area contributed by atoms with E-state index in [1.165, 1.54) is 103 Å². The van der Waals surface area contributed by atoms with Crippen LogP contribution in [0.3, 0.4) is 0 Å². The lowest BCUT2D eigenvalue weighted by atomic mass is 9.86. The lowest BCUT2D eigenvalue weighted by molar-refractivity contribution is 0.102. The highest BCUT2D eigenvalue weighted by Crippen LogP contribution is 2.44. The zero-order chi connectivity index (χ0) is 89.7. The van der Waals surface area contributed by atoms with Gasteiger partial charge in [0.15, 0.2) is 80.6 Å². The first kappa shape index (κ1) is 95.5. The molecule has 25 heteroatoms. The Balaban J connectivity index is 0.000000212. The number of Topliss-reactive ketones (excluding diaryl/α,β-unsaturated/α-hetero) is 1. The number of benzene rings is 10. The molecule has 0 bridgehead atoms. The second kappa shape index (κ2) is 48.4. The number of ketones is 4. The van der Waals surface area contributed by atoms with Gasteiger partial charge in [0.05, 0.1) is 142 Å². The molecule has 0 heterocycles. The van der Waals surface area contributed by atoms with Gasteiger partial charge in [0.2, 0.25) is 28.7 Å². The van der Waals surface area contributed by atoms with Gasteiger partial charge in [-0.1, -0.05) is 60.7 Å². The van der Waals surface area contributed by atoms with E-state index in [2.05, 4.69) is 0 Å². The smallest absolute Gasteiger partial charge is 0.203 e. The maximum Gasteiger partial charge on any atom is 0.203 e. The van der Waals surface area contributed by atoms with E-state index in [0.29, 0.717) is 126 Å². The Morgan fingerprint density at radius 3 is 1.00 bits per heavy atom. The number of phenols is 1. The van der Waals surface area contributed by atoms with Gasteiger partial charge in [-0.05, 0) is 222 Å². The van der Waals surface area contributed by atoms with Crippen molar-refractivity contribution >= 4 is 59.1 Å². The van der Waals surface area contributed by atoms with Crippen LogP contribution in [0.25, 0.3) is 36.0 Å². The summed E-state index contributed by atoms with van der Waals surface area (Å²) in [6.45, 7) is 1.77. The van der Waals surface area contributed by atoms with Crippen LogP contribution in [0.4, 0.5) is 0 Å². The lowest BCUT2D eigenvalue weighted by Crippen LogP contribution is -2.05. The molecule has 648 valence electrons. The number of allylic oxidation sites excluding steroid dienone is 5. The minimum Gasteiger partial charge on any atom is -0.508 e. The molecule has 0 fully saturated rings. The molecule has 0 saturated heterocycles. The van der Waals surface area contributed by atoms with Crippen molar-refractivity contribution < 1.29 is 119 Å². The van der Waals surface area contributed by atoms with Crippen LogP contribution in [-0.4, -0.2) is 170 Å². The Labute approximate surface area is 718 Å². The standard InChI is InChI=1S/C22H24O5.C20H22O6.C20H22O5.C18H18O5.C18H20O4/c1-24-17-8-9-18-14(10-17)6-5-7-15(18)11-19(23)16-12-20(25-2)22(27-4)21(13-16)26-3;1-22-15-8-6-13(17(12-15)23-2)7-9-16(21)14-10-18(24-3)20(26-5)19(11-14)25-4;1-13(10-14-6-8-16(22-2)9-7-14)19(21)15-11-17(23-3)20(25-5)18(12-15)24-4;1-21-16-10-13(11-17(22-2)18(16)23-3)15(20)9-6-12-4-7-14(19)8-5-12;1-19-15-9-7-13(8-10-15)5-6-14-11-16(20-2)18(22-4)17(12-14)21-3/h8-13H,5-7H2,1-4H3;6-12H,1-5H3;6-12H,1-5H3;4-11,19H,1-3H3;5-12H,1-4H3/b15-11+;9-7+;13-10+;9-6+;6-5+. The zero-order valence-corrected chi connectivity index (χ0v) is 73.2. The van der Waals surface area contributed by atoms with Gasteiger partial charge in [-0.3, -0.25) is 19.2 Å². The minimum absolute atomic E-state index is 0.0899. The quantitative estimate of drug-likeness (QED) is 0.0227. The topological polar surface area (TPSA) is 273 Å². The maximum atomic E-state index is 12.9. The van der Waals surface area contributed by atoms with Crippen LogP contribution in [0.5, 0.6) is 121 Å².